The first kappa shape index (κ1) is 33.6. The molecule has 0 bridgehead atoms. The first-order chi connectivity index (χ1) is 20.4. The molecule has 13 heteroatoms. The van der Waals surface area contributed by atoms with Gasteiger partial charge >= 0.3 is 0 Å². The highest BCUT2D eigenvalue weighted by molar-refractivity contribution is 8.14. The molecular weight excluding hydrogens is 632 g/mol. The van der Waals surface area contributed by atoms with Crippen LogP contribution >= 0.6 is 23.4 Å². The van der Waals surface area contributed by atoms with Crippen LogP contribution in [0.3, 0.4) is 0 Å². The summed E-state index contributed by atoms with van der Waals surface area (Å²) in [4.78, 5) is 2.30. The van der Waals surface area contributed by atoms with E-state index in [1.165, 1.54) is 37.1 Å². The summed E-state index contributed by atoms with van der Waals surface area (Å²) in [6.07, 6.45) is 16.8. The molecule has 5 rings (SSSR count). The van der Waals surface area contributed by atoms with Gasteiger partial charge in [0.1, 0.15) is 12.6 Å². The van der Waals surface area contributed by atoms with Crippen LogP contribution in [0.4, 0.5) is 0 Å². The highest BCUT2D eigenvalue weighted by Crippen LogP contribution is 2.48. The molecule has 0 spiro atoms. The fraction of sp³-hybridized carbons (Fsp3) is 0.833. The first-order valence-corrected chi connectivity index (χ1v) is 20.7. The van der Waals surface area contributed by atoms with Gasteiger partial charge in [-0.25, -0.2) is 4.58 Å². The topological polar surface area (TPSA) is 124 Å². The van der Waals surface area contributed by atoms with Gasteiger partial charge in [0.05, 0.1) is 22.8 Å². The summed E-state index contributed by atoms with van der Waals surface area (Å²) in [5.74, 6) is 1.56. The molecule has 244 valence electrons. The lowest BCUT2D eigenvalue weighted by Gasteiger charge is -2.44. The Balaban J connectivity index is 1.41. The van der Waals surface area contributed by atoms with E-state index in [4.69, 9.17) is 16.3 Å². The normalized spacial score (nSPS) is 34.2. The molecule has 3 saturated carbocycles. The number of alkyl halides is 1. The Morgan fingerprint density at radius 3 is 2.51 bits per heavy atom. The van der Waals surface area contributed by atoms with Crippen molar-refractivity contribution < 1.29 is 35.3 Å². The molecular formula is C30H48ClN2O7S3+. The third-order valence-corrected chi connectivity index (χ3v) is 13.5. The Hall–Kier alpha value is -0.790. The number of ether oxygens (including phenoxy) is 1. The van der Waals surface area contributed by atoms with Crippen molar-refractivity contribution in [1.29, 1.82) is 0 Å². The molecule has 0 radical (unpaired) electrons. The summed E-state index contributed by atoms with van der Waals surface area (Å²) in [7, 11) is -8.01. The van der Waals surface area contributed by atoms with Gasteiger partial charge in [0.25, 0.3) is 20.2 Å². The highest BCUT2D eigenvalue weighted by atomic mass is 35.5. The lowest BCUT2D eigenvalue weighted by molar-refractivity contribution is -0.562. The van der Waals surface area contributed by atoms with E-state index in [1.807, 2.05) is 11.8 Å². The number of nitrogens with zero attached hydrogens (tertiary/aromatic N) is 2. The van der Waals surface area contributed by atoms with Gasteiger partial charge in [-0.05, 0) is 80.5 Å². The van der Waals surface area contributed by atoms with Gasteiger partial charge in [-0.1, -0.05) is 26.2 Å². The SMILES string of the molecule is CCC(=CC1=[N+](CCCCS(=O)(=O)O)C2CC(Cl)CCC2S1)C=C1OC2CCC3CCCCC3C2N1CCCS(=O)(=O)O. The molecule has 5 aliphatic rings. The number of hydrogen-bond acceptors (Lipinski definition) is 7. The minimum atomic E-state index is -4.03. The summed E-state index contributed by atoms with van der Waals surface area (Å²) in [6, 6.07) is 0.538. The van der Waals surface area contributed by atoms with E-state index in [9.17, 15) is 25.9 Å². The van der Waals surface area contributed by atoms with Crippen LogP contribution in [0.1, 0.15) is 90.4 Å². The van der Waals surface area contributed by atoms with Crippen LogP contribution in [0.25, 0.3) is 0 Å². The van der Waals surface area contributed by atoms with E-state index >= 15 is 0 Å². The predicted octanol–water partition coefficient (Wildman–Crippen LogP) is 5.47. The average Bonchev–Trinajstić information content (AvgIpc) is 3.46. The lowest BCUT2D eigenvalue weighted by atomic mass is 9.67. The Labute approximate surface area is 267 Å². The zero-order valence-electron chi connectivity index (χ0n) is 25.1. The Morgan fingerprint density at radius 2 is 1.77 bits per heavy atom. The molecule has 1 saturated heterocycles. The standard InChI is InChI=1S/C30H47ClN2O7S3/c1-2-21(19-29-32(14-5-6-16-42(34,35)36)25-20-23(31)11-13-27(25)41-29)18-28-33(15-7-17-43(37,38)39)30-24-9-4-3-8-22(24)10-12-26(30)40-28/h18-19,22-27,30H,2-17,20H2,1H3,(H-,34,35,36,37,38,39)/p+1. The second kappa shape index (κ2) is 14.3. The van der Waals surface area contributed by atoms with Crippen molar-refractivity contribution in [2.75, 3.05) is 24.6 Å². The number of fused-ring (bicyclic) bond motifs is 4. The molecule has 43 heavy (non-hydrogen) atoms. The monoisotopic (exact) mass is 679 g/mol. The first-order valence-electron chi connectivity index (χ1n) is 16.1. The third kappa shape index (κ3) is 8.73. The van der Waals surface area contributed by atoms with Crippen molar-refractivity contribution in [3.63, 3.8) is 0 Å². The Morgan fingerprint density at radius 1 is 1.02 bits per heavy atom. The van der Waals surface area contributed by atoms with Crippen LogP contribution in [-0.2, 0) is 25.0 Å². The fourth-order valence-corrected chi connectivity index (χ4v) is 11.0. The van der Waals surface area contributed by atoms with Gasteiger partial charge in [-0.3, -0.25) is 9.11 Å². The zero-order chi connectivity index (χ0) is 30.8. The van der Waals surface area contributed by atoms with E-state index in [-0.39, 0.29) is 29.0 Å². The van der Waals surface area contributed by atoms with Gasteiger partial charge in [-0.2, -0.15) is 16.8 Å². The maximum absolute atomic E-state index is 11.5. The molecule has 7 unspecified atom stereocenters. The molecule has 0 aromatic rings. The van der Waals surface area contributed by atoms with E-state index in [1.54, 1.807) is 0 Å². The van der Waals surface area contributed by atoms with E-state index < -0.39 is 20.2 Å². The molecule has 2 N–H and O–H groups in total. The van der Waals surface area contributed by atoms with Crippen LogP contribution in [0.2, 0.25) is 0 Å². The van der Waals surface area contributed by atoms with Crippen LogP contribution in [0.15, 0.2) is 23.6 Å². The Bertz CT molecular complexity index is 1320. The van der Waals surface area contributed by atoms with Crippen molar-refractivity contribution in [3.8, 4) is 0 Å². The van der Waals surface area contributed by atoms with Crippen molar-refractivity contribution in [1.82, 2.24) is 4.90 Å². The average molecular weight is 680 g/mol. The van der Waals surface area contributed by atoms with E-state index in [0.717, 1.165) is 43.6 Å². The summed E-state index contributed by atoms with van der Waals surface area (Å²) in [5.41, 5.74) is 1.13. The van der Waals surface area contributed by atoms with Crippen LogP contribution in [0.5, 0.6) is 0 Å². The quantitative estimate of drug-likeness (QED) is 0.120. The third-order valence-electron chi connectivity index (χ3n) is 10.0. The minimum absolute atomic E-state index is 0.103. The number of rotatable bonds is 12. The zero-order valence-corrected chi connectivity index (χ0v) is 28.4. The molecule has 0 amide bonds. The molecule has 3 aliphatic carbocycles. The molecule has 0 aromatic carbocycles. The number of hydrogen-bond donors (Lipinski definition) is 2. The molecule has 7 atom stereocenters. The number of unbranched alkanes of at least 4 members (excludes halogenated alkanes) is 1. The summed E-state index contributed by atoms with van der Waals surface area (Å²) < 4.78 is 73.3. The maximum atomic E-state index is 11.5. The fourth-order valence-electron chi connectivity index (χ4n) is 8.04. The molecule has 0 aromatic heterocycles. The summed E-state index contributed by atoms with van der Waals surface area (Å²) >= 11 is 8.48. The highest BCUT2D eigenvalue weighted by Gasteiger charge is 2.50. The van der Waals surface area contributed by atoms with Gasteiger partial charge in [0, 0.05) is 36.9 Å². The molecule has 9 nitrogen and oxygen atoms in total. The largest absolute Gasteiger partial charge is 0.474 e. The number of allylic oxidation sites excluding steroid dienone is 2. The molecule has 2 aliphatic heterocycles. The minimum Gasteiger partial charge on any atom is -0.474 e. The van der Waals surface area contributed by atoms with E-state index in [0.29, 0.717) is 55.5 Å². The summed E-state index contributed by atoms with van der Waals surface area (Å²) in [6.45, 7) is 3.36. The van der Waals surface area contributed by atoms with Crippen LogP contribution in [0, 0.1) is 11.8 Å². The van der Waals surface area contributed by atoms with Crippen molar-refractivity contribution in [3.05, 3.63) is 23.6 Å². The second-order valence-electron chi connectivity index (χ2n) is 13.0. The predicted molar refractivity (Wildman–Crippen MR) is 172 cm³/mol. The smallest absolute Gasteiger partial charge is 0.264 e. The van der Waals surface area contributed by atoms with Gasteiger partial charge in [0.15, 0.2) is 11.9 Å². The van der Waals surface area contributed by atoms with Crippen molar-refractivity contribution >= 4 is 48.6 Å². The van der Waals surface area contributed by atoms with Gasteiger partial charge < -0.3 is 9.64 Å². The van der Waals surface area contributed by atoms with Gasteiger partial charge in [0.2, 0.25) is 5.04 Å². The molecule has 4 fully saturated rings. The Kier molecular flexibility index (Phi) is 11.2. The van der Waals surface area contributed by atoms with E-state index in [2.05, 4.69) is 28.6 Å². The van der Waals surface area contributed by atoms with Crippen molar-refractivity contribution in [2.24, 2.45) is 11.8 Å². The summed E-state index contributed by atoms with van der Waals surface area (Å²) in [5, 5.41) is 1.75. The second-order valence-corrected chi connectivity index (χ2v) is 18.0. The lowest BCUT2D eigenvalue weighted by Crippen LogP contribution is -2.48. The van der Waals surface area contributed by atoms with Crippen LogP contribution in [-0.4, -0.2) is 93.9 Å². The van der Waals surface area contributed by atoms with Gasteiger partial charge in [-0.15, -0.1) is 11.6 Å². The maximum Gasteiger partial charge on any atom is 0.264 e. The number of halogens is 1. The van der Waals surface area contributed by atoms with Crippen molar-refractivity contribution in [2.45, 2.75) is 119 Å². The number of thioether (sulfide) groups is 1. The molecule has 2 heterocycles. The van der Waals surface area contributed by atoms with Crippen LogP contribution < -0.4 is 0 Å².